The third-order valence-electron chi connectivity index (χ3n) is 4.32. The van der Waals surface area contributed by atoms with Gasteiger partial charge in [-0.05, 0) is 37.5 Å². The average molecular weight is 397 g/mol. The van der Waals surface area contributed by atoms with Crippen LogP contribution in [-0.2, 0) is 19.6 Å². The van der Waals surface area contributed by atoms with Gasteiger partial charge in [-0.25, -0.2) is 17.5 Å². The number of nitrogens with one attached hydrogen (secondary N) is 1. The summed E-state index contributed by atoms with van der Waals surface area (Å²) in [7, 11) is -0.828. The minimum absolute atomic E-state index is 0.0119. The number of esters is 1. The number of ether oxygens (including phenoxy) is 1. The van der Waals surface area contributed by atoms with Crippen molar-refractivity contribution in [1.82, 2.24) is 9.62 Å². The summed E-state index contributed by atoms with van der Waals surface area (Å²) in [4.78, 5) is 26.3. The van der Waals surface area contributed by atoms with Crippen LogP contribution in [0.1, 0.15) is 36.5 Å². The van der Waals surface area contributed by atoms with E-state index >= 15 is 0 Å². The third-order valence-corrected chi connectivity index (χ3v) is 6.13. The van der Waals surface area contributed by atoms with Crippen molar-refractivity contribution in [2.24, 2.45) is 0 Å². The molecule has 0 aliphatic carbocycles. The van der Waals surface area contributed by atoms with Gasteiger partial charge in [0, 0.05) is 33.7 Å². The summed E-state index contributed by atoms with van der Waals surface area (Å²) in [6.07, 6.45) is 2.79. The van der Waals surface area contributed by atoms with Crippen LogP contribution in [0, 0.1) is 0 Å². The Morgan fingerprint density at radius 3 is 2.48 bits per heavy atom. The molecule has 1 aromatic carbocycles. The molecule has 1 aromatic rings. The maximum Gasteiger partial charge on any atom is 0.340 e. The van der Waals surface area contributed by atoms with E-state index < -0.39 is 22.6 Å². The lowest BCUT2D eigenvalue weighted by atomic mass is 10.1. The number of hydrogen-bond donors (Lipinski definition) is 1. The molecule has 0 spiro atoms. The van der Waals surface area contributed by atoms with E-state index in [9.17, 15) is 18.0 Å². The lowest BCUT2D eigenvalue weighted by Crippen LogP contribution is -2.30. The molecule has 1 aliphatic heterocycles. The number of nitrogens with zero attached hydrogens (tertiary/aromatic N) is 2. The smallest absolute Gasteiger partial charge is 0.340 e. The second kappa shape index (κ2) is 9.18. The molecule has 9 heteroatoms. The first-order valence-corrected chi connectivity index (χ1v) is 10.5. The van der Waals surface area contributed by atoms with Crippen LogP contribution in [0.15, 0.2) is 23.1 Å². The largest absolute Gasteiger partial charge is 0.452 e. The van der Waals surface area contributed by atoms with E-state index in [1.807, 2.05) is 11.8 Å². The molecule has 0 aromatic heterocycles. The van der Waals surface area contributed by atoms with Gasteiger partial charge in [-0.2, -0.15) is 0 Å². The Balaban J connectivity index is 2.29. The van der Waals surface area contributed by atoms with Gasteiger partial charge in [-0.3, -0.25) is 4.79 Å². The van der Waals surface area contributed by atoms with Crippen molar-refractivity contribution >= 4 is 27.6 Å². The minimum atomic E-state index is -3.69. The van der Waals surface area contributed by atoms with Gasteiger partial charge in [-0.1, -0.05) is 6.92 Å². The molecule has 0 unspecified atom stereocenters. The zero-order valence-electron chi connectivity index (χ0n) is 16.0. The molecule has 0 radical (unpaired) electrons. The van der Waals surface area contributed by atoms with Gasteiger partial charge in [0.15, 0.2) is 6.61 Å². The summed E-state index contributed by atoms with van der Waals surface area (Å²) in [5.74, 6) is -1.09. The van der Waals surface area contributed by atoms with Crippen LogP contribution in [-0.4, -0.2) is 64.9 Å². The second-order valence-corrected chi connectivity index (χ2v) is 8.74. The highest BCUT2D eigenvalue weighted by Crippen LogP contribution is 2.28. The Morgan fingerprint density at radius 2 is 1.89 bits per heavy atom. The van der Waals surface area contributed by atoms with E-state index in [0.29, 0.717) is 12.2 Å². The molecule has 1 heterocycles. The van der Waals surface area contributed by atoms with Gasteiger partial charge >= 0.3 is 5.97 Å². The minimum Gasteiger partial charge on any atom is -0.452 e. The zero-order valence-corrected chi connectivity index (χ0v) is 16.8. The molecule has 1 N–H and O–H groups in total. The first kappa shape index (κ1) is 21.2. The number of amides is 1. The predicted molar refractivity (Wildman–Crippen MR) is 102 cm³/mol. The Bertz CT molecular complexity index is 786. The summed E-state index contributed by atoms with van der Waals surface area (Å²) < 4.78 is 31.1. The number of benzene rings is 1. The highest BCUT2D eigenvalue weighted by atomic mass is 32.2. The maximum atomic E-state index is 12.6. The average Bonchev–Trinajstić information content (AvgIpc) is 3.18. The standard InChI is InChI=1S/C18H27N3O5S/c1-4-9-19-17(22)13-26-18(23)15-12-14(27(24,25)20(2)3)7-8-16(15)21-10-5-6-11-21/h7-8,12H,4-6,9-11,13H2,1-3H3,(H,19,22). The van der Waals surface area contributed by atoms with Crippen LogP contribution >= 0.6 is 0 Å². The monoisotopic (exact) mass is 397 g/mol. The van der Waals surface area contributed by atoms with E-state index in [0.717, 1.165) is 36.7 Å². The SMILES string of the molecule is CCCNC(=O)COC(=O)c1cc(S(=O)(=O)N(C)C)ccc1N1CCCC1. The highest BCUT2D eigenvalue weighted by molar-refractivity contribution is 7.89. The topological polar surface area (TPSA) is 96.0 Å². The molecule has 0 saturated carbocycles. The number of carbonyl (C=O) groups excluding carboxylic acids is 2. The quantitative estimate of drug-likeness (QED) is 0.663. The van der Waals surface area contributed by atoms with Crippen molar-refractivity contribution in [1.29, 1.82) is 0 Å². The van der Waals surface area contributed by atoms with E-state index in [1.54, 1.807) is 6.07 Å². The molecule has 1 amide bonds. The molecule has 1 saturated heterocycles. The van der Waals surface area contributed by atoms with E-state index in [4.69, 9.17) is 4.74 Å². The molecule has 1 aliphatic rings. The van der Waals surface area contributed by atoms with Crippen LogP contribution in [0.5, 0.6) is 0 Å². The normalized spacial score (nSPS) is 14.4. The fraction of sp³-hybridized carbons (Fsp3) is 0.556. The highest BCUT2D eigenvalue weighted by Gasteiger charge is 2.25. The third kappa shape index (κ3) is 5.20. The van der Waals surface area contributed by atoms with Crippen LogP contribution in [0.25, 0.3) is 0 Å². The molecule has 27 heavy (non-hydrogen) atoms. The van der Waals surface area contributed by atoms with E-state index in [2.05, 4.69) is 5.32 Å². The number of anilines is 1. The molecule has 8 nitrogen and oxygen atoms in total. The van der Waals surface area contributed by atoms with Crippen molar-refractivity contribution in [3.8, 4) is 0 Å². The van der Waals surface area contributed by atoms with Crippen LogP contribution in [0.3, 0.4) is 0 Å². The number of hydrogen-bond acceptors (Lipinski definition) is 6. The van der Waals surface area contributed by atoms with Gasteiger partial charge < -0.3 is 15.0 Å². The summed E-state index contributed by atoms with van der Waals surface area (Å²) in [6.45, 7) is 3.61. The maximum absolute atomic E-state index is 12.6. The lowest BCUT2D eigenvalue weighted by molar-refractivity contribution is -0.124. The number of carbonyl (C=O) groups is 2. The van der Waals surface area contributed by atoms with Crippen molar-refractivity contribution in [2.75, 3.05) is 45.2 Å². The zero-order chi connectivity index (χ0) is 20.0. The first-order chi connectivity index (χ1) is 12.8. The Kier molecular flexibility index (Phi) is 7.20. The molecule has 150 valence electrons. The first-order valence-electron chi connectivity index (χ1n) is 9.02. The fourth-order valence-electron chi connectivity index (χ4n) is 2.81. The van der Waals surface area contributed by atoms with E-state index in [-0.39, 0.29) is 16.4 Å². The van der Waals surface area contributed by atoms with Gasteiger partial charge in [-0.15, -0.1) is 0 Å². The summed E-state index contributed by atoms with van der Waals surface area (Å²) in [5, 5.41) is 2.63. The fourth-order valence-corrected chi connectivity index (χ4v) is 3.74. The Labute approximate surface area is 160 Å². The molecule has 0 atom stereocenters. The number of sulfonamides is 1. The second-order valence-electron chi connectivity index (χ2n) is 6.59. The van der Waals surface area contributed by atoms with Crippen molar-refractivity contribution < 1.29 is 22.7 Å². The molecule has 2 rings (SSSR count). The molecule has 0 bridgehead atoms. The lowest BCUT2D eigenvalue weighted by Gasteiger charge is -2.22. The van der Waals surface area contributed by atoms with Crippen molar-refractivity contribution in [3.05, 3.63) is 23.8 Å². The van der Waals surface area contributed by atoms with E-state index in [1.165, 1.54) is 26.2 Å². The predicted octanol–water partition coefficient (Wildman–Crippen LogP) is 1.22. The van der Waals surface area contributed by atoms with Crippen LogP contribution in [0.2, 0.25) is 0 Å². The Hall–Kier alpha value is -2.13. The molecule has 1 fully saturated rings. The van der Waals surface area contributed by atoms with Crippen LogP contribution in [0.4, 0.5) is 5.69 Å². The summed E-state index contributed by atoms with van der Waals surface area (Å²) >= 11 is 0. The van der Waals surface area contributed by atoms with Crippen LogP contribution < -0.4 is 10.2 Å². The Morgan fingerprint density at radius 1 is 1.22 bits per heavy atom. The summed E-state index contributed by atoms with van der Waals surface area (Å²) in [6, 6.07) is 4.46. The number of rotatable bonds is 8. The van der Waals surface area contributed by atoms with Crippen molar-refractivity contribution in [2.45, 2.75) is 31.1 Å². The van der Waals surface area contributed by atoms with Gasteiger partial charge in [0.05, 0.1) is 16.1 Å². The van der Waals surface area contributed by atoms with Crippen molar-refractivity contribution in [3.63, 3.8) is 0 Å². The molecular formula is C18H27N3O5S. The van der Waals surface area contributed by atoms with Gasteiger partial charge in [0.1, 0.15) is 0 Å². The summed E-state index contributed by atoms with van der Waals surface area (Å²) in [5.41, 5.74) is 0.785. The van der Waals surface area contributed by atoms with Gasteiger partial charge in [0.2, 0.25) is 10.0 Å². The molecular weight excluding hydrogens is 370 g/mol. The van der Waals surface area contributed by atoms with Gasteiger partial charge in [0.25, 0.3) is 5.91 Å².